The van der Waals surface area contributed by atoms with Gasteiger partial charge in [-0.15, -0.1) is 0 Å². The quantitative estimate of drug-likeness (QED) is 0.848. The van der Waals surface area contributed by atoms with Gasteiger partial charge in [-0.25, -0.2) is 15.0 Å². The minimum absolute atomic E-state index is 0.0406. The molecule has 0 saturated carbocycles. The van der Waals surface area contributed by atoms with Crippen molar-refractivity contribution in [2.75, 3.05) is 19.0 Å². The highest BCUT2D eigenvalue weighted by molar-refractivity contribution is 5.28. The van der Waals surface area contributed by atoms with Crippen LogP contribution in [0.2, 0.25) is 0 Å². The van der Waals surface area contributed by atoms with E-state index in [9.17, 15) is 17.6 Å². The van der Waals surface area contributed by atoms with Gasteiger partial charge in [-0.2, -0.15) is 22.5 Å². The Bertz CT molecular complexity index is 693. The van der Waals surface area contributed by atoms with E-state index in [0.717, 1.165) is 12.3 Å². The highest BCUT2D eigenvalue weighted by atomic mass is 19.4. The molecule has 10 heteroatoms. The van der Waals surface area contributed by atoms with Gasteiger partial charge in [-0.1, -0.05) is 0 Å². The first kappa shape index (κ1) is 16.8. The Kier molecular flexibility index (Phi) is 4.92. The van der Waals surface area contributed by atoms with E-state index in [1.54, 1.807) is 0 Å². The topological polar surface area (TPSA) is 72.8 Å². The van der Waals surface area contributed by atoms with Crippen molar-refractivity contribution in [2.45, 2.75) is 19.5 Å². The zero-order valence-electron chi connectivity index (χ0n) is 12.3. The Hall–Kier alpha value is -2.52. The molecule has 0 aliphatic carbocycles. The molecule has 2 aromatic rings. The lowest BCUT2D eigenvalue weighted by Crippen LogP contribution is -2.15. The lowest BCUT2D eigenvalue weighted by molar-refractivity contribution is -0.141. The average Bonchev–Trinajstić information content (AvgIpc) is 2.47. The van der Waals surface area contributed by atoms with Crippen molar-refractivity contribution in [1.82, 2.24) is 19.9 Å². The summed E-state index contributed by atoms with van der Waals surface area (Å²) < 4.78 is 55.9. The highest BCUT2D eigenvalue weighted by Crippen LogP contribution is 2.27. The van der Waals surface area contributed by atoms with Crippen LogP contribution in [0.1, 0.15) is 17.2 Å². The summed E-state index contributed by atoms with van der Waals surface area (Å²) in [4.78, 5) is 14.9. The number of aryl methyl sites for hydroxylation is 1. The van der Waals surface area contributed by atoms with Crippen LogP contribution >= 0.6 is 0 Å². The van der Waals surface area contributed by atoms with Gasteiger partial charge in [0.05, 0.1) is 13.3 Å². The summed E-state index contributed by atoms with van der Waals surface area (Å²) in [5.74, 6) is -0.811. The van der Waals surface area contributed by atoms with Gasteiger partial charge in [0.1, 0.15) is 11.5 Å². The van der Waals surface area contributed by atoms with E-state index in [-0.39, 0.29) is 36.3 Å². The summed E-state index contributed by atoms with van der Waals surface area (Å²) in [5, 5.41) is 2.74. The van der Waals surface area contributed by atoms with E-state index in [4.69, 9.17) is 4.74 Å². The van der Waals surface area contributed by atoms with Gasteiger partial charge in [0.2, 0.25) is 11.8 Å². The van der Waals surface area contributed by atoms with Crippen molar-refractivity contribution in [2.24, 2.45) is 0 Å². The molecule has 2 rings (SSSR count). The minimum Gasteiger partial charge on any atom is -0.479 e. The normalized spacial score (nSPS) is 11.4. The Morgan fingerprint density at radius 1 is 1.22 bits per heavy atom. The Labute approximate surface area is 129 Å². The fraction of sp³-hybridized carbons (Fsp3) is 0.385. The molecule has 0 aliphatic rings. The van der Waals surface area contributed by atoms with Crippen molar-refractivity contribution in [1.29, 1.82) is 0 Å². The van der Waals surface area contributed by atoms with Gasteiger partial charge < -0.3 is 10.1 Å². The summed E-state index contributed by atoms with van der Waals surface area (Å²) in [5.41, 5.74) is -0.762. The molecule has 0 unspecified atom stereocenters. The van der Waals surface area contributed by atoms with E-state index in [1.165, 1.54) is 14.0 Å². The SMILES string of the molecule is COc1nc(NCCc2nc(C)cc(C(F)(F)F)n2)ncc1F. The Morgan fingerprint density at radius 3 is 2.61 bits per heavy atom. The van der Waals surface area contributed by atoms with Crippen LogP contribution < -0.4 is 10.1 Å². The zero-order valence-corrected chi connectivity index (χ0v) is 12.3. The minimum atomic E-state index is -4.52. The number of alkyl halides is 3. The molecule has 2 aromatic heterocycles. The average molecular weight is 331 g/mol. The number of aromatic nitrogens is 4. The van der Waals surface area contributed by atoms with Crippen molar-refractivity contribution in [3.63, 3.8) is 0 Å². The van der Waals surface area contributed by atoms with E-state index in [2.05, 4.69) is 25.3 Å². The van der Waals surface area contributed by atoms with Gasteiger partial charge in [0, 0.05) is 18.7 Å². The van der Waals surface area contributed by atoms with E-state index < -0.39 is 17.7 Å². The number of halogens is 4. The zero-order chi connectivity index (χ0) is 17.0. The molecule has 1 N–H and O–H groups in total. The first-order valence-electron chi connectivity index (χ1n) is 6.51. The van der Waals surface area contributed by atoms with Crippen LogP contribution in [0.15, 0.2) is 12.3 Å². The maximum absolute atomic E-state index is 13.2. The van der Waals surface area contributed by atoms with Crippen LogP contribution in [0.25, 0.3) is 0 Å². The maximum Gasteiger partial charge on any atom is 0.433 e. The van der Waals surface area contributed by atoms with Crippen LogP contribution in [0.5, 0.6) is 5.88 Å². The largest absolute Gasteiger partial charge is 0.479 e. The summed E-state index contributed by atoms with van der Waals surface area (Å²) in [6.07, 6.45) is -3.48. The number of methoxy groups -OCH3 is 1. The summed E-state index contributed by atoms with van der Waals surface area (Å²) >= 11 is 0. The lowest BCUT2D eigenvalue weighted by atomic mass is 10.3. The van der Waals surface area contributed by atoms with Gasteiger partial charge >= 0.3 is 6.18 Å². The molecule has 0 amide bonds. The third kappa shape index (κ3) is 4.47. The van der Waals surface area contributed by atoms with Gasteiger partial charge in [-0.05, 0) is 13.0 Å². The number of anilines is 1. The Balaban J connectivity index is 2.03. The predicted molar refractivity (Wildman–Crippen MR) is 72.5 cm³/mol. The second kappa shape index (κ2) is 6.71. The molecule has 0 radical (unpaired) electrons. The number of nitrogens with one attached hydrogen (secondary N) is 1. The van der Waals surface area contributed by atoms with Crippen molar-refractivity contribution in [3.8, 4) is 5.88 Å². The third-order valence-corrected chi connectivity index (χ3v) is 2.73. The molecule has 0 atom stereocenters. The molecule has 0 spiro atoms. The number of ether oxygens (including phenoxy) is 1. The summed E-state index contributed by atoms with van der Waals surface area (Å²) in [6.45, 7) is 1.64. The number of rotatable bonds is 5. The predicted octanol–water partition coefficient (Wildman–Crippen LogP) is 2.40. The fourth-order valence-corrected chi connectivity index (χ4v) is 1.75. The molecule has 0 aliphatic heterocycles. The van der Waals surface area contributed by atoms with Crippen LogP contribution in [0.4, 0.5) is 23.5 Å². The van der Waals surface area contributed by atoms with Crippen molar-refractivity contribution < 1.29 is 22.3 Å². The molecular formula is C13H13F4N5O. The van der Waals surface area contributed by atoms with Gasteiger partial charge in [0.25, 0.3) is 5.88 Å². The Morgan fingerprint density at radius 2 is 1.96 bits per heavy atom. The van der Waals surface area contributed by atoms with Crippen LogP contribution in [-0.4, -0.2) is 33.6 Å². The van der Waals surface area contributed by atoms with E-state index in [1.807, 2.05) is 0 Å². The molecule has 0 aromatic carbocycles. The molecule has 0 bridgehead atoms. The third-order valence-electron chi connectivity index (χ3n) is 2.73. The van der Waals surface area contributed by atoms with Gasteiger partial charge in [-0.3, -0.25) is 0 Å². The molecule has 23 heavy (non-hydrogen) atoms. The van der Waals surface area contributed by atoms with E-state index in [0.29, 0.717) is 0 Å². The number of hydrogen-bond acceptors (Lipinski definition) is 6. The number of nitrogens with zero attached hydrogens (tertiary/aromatic N) is 4. The molecular weight excluding hydrogens is 318 g/mol. The smallest absolute Gasteiger partial charge is 0.433 e. The molecule has 0 saturated heterocycles. The molecule has 0 fully saturated rings. The lowest BCUT2D eigenvalue weighted by Gasteiger charge is -2.09. The maximum atomic E-state index is 13.2. The fourth-order valence-electron chi connectivity index (χ4n) is 1.75. The molecule has 124 valence electrons. The van der Waals surface area contributed by atoms with Crippen molar-refractivity contribution in [3.05, 3.63) is 35.3 Å². The first-order valence-corrected chi connectivity index (χ1v) is 6.51. The first-order chi connectivity index (χ1) is 10.8. The van der Waals surface area contributed by atoms with Crippen molar-refractivity contribution >= 4 is 5.95 Å². The number of hydrogen-bond donors (Lipinski definition) is 1. The summed E-state index contributed by atoms with van der Waals surface area (Å²) in [6, 6.07) is 0.880. The van der Waals surface area contributed by atoms with Crippen LogP contribution in [0.3, 0.4) is 0 Å². The van der Waals surface area contributed by atoms with Gasteiger partial charge in [0.15, 0.2) is 0 Å². The van der Waals surface area contributed by atoms with Crippen LogP contribution in [-0.2, 0) is 12.6 Å². The van der Waals surface area contributed by atoms with Crippen LogP contribution in [0, 0.1) is 12.7 Å². The second-order valence-corrected chi connectivity index (χ2v) is 4.54. The van der Waals surface area contributed by atoms with E-state index >= 15 is 0 Å². The monoisotopic (exact) mass is 331 g/mol. The summed E-state index contributed by atoms with van der Waals surface area (Å²) in [7, 11) is 1.26. The molecule has 2 heterocycles. The second-order valence-electron chi connectivity index (χ2n) is 4.54. The molecule has 6 nitrogen and oxygen atoms in total. The standard InChI is InChI=1S/C13H13F4N5O/c1-7-5-9(13(15,16)17)21-10(20-7)3-4-18-12-19-6-8(14)11(22-12)23-2/h5-6H,3-4H2,1-2H3,(H,18,19,22). The highest BCUT2D eigenvalue weighted by Gasteiger charge is 2.33.